The minimum atomic E-state index is -0.178. The molecule has 2 aromatic rings. The Bertz CT molecular complexity index is 804. The van der Waals surface area contributed by atoms with Gasteiger partial charge in [0.15, 0.2) is 5.82 Å². The summed E-state index contributed by atoms with van der Waals surface area (Å²) in [6.45, 7) is 3.47. The number of hydrogen-bond acceptors (Lipinski definition) is 4. The number of nitrogens with zero attached hydrogens (tertiary/aromatic N) is 3. The molecule has 1 aromatic carbocycles. The summed E-state index contributed by atoms with van der Waals surface area (Å²) < 4.78 is 14.1. The summed E-state index contributed by atoms with van der Waals surface area (Å²) >= 11 is 0. The highest BCUT2D eigenvalue weighted by Crippen LogP contribution is 2.41. The molecule has 6 heteroatoms. The van der Waals surface area contributed by atoms with Gasteiger partial charge in [-0.1, -0.05) is 12.1 Å². The number of halogens is 1. The Balaban J connectivity index is 1.31. The van der Waals surface area contributed by atoms with Crippen LogP contribution in [0.3, 0.4) is 0 Å². The number of aromatic nitrogens is 2. The summed E-state index contributed by atoms with van der Waals surface area (Å²) in [5.41, 5.74) is 2.40. The van der Waals surface area contributed by atoms with Gasteiger partial charge in [0.1, 0.15) is 5.82 Å². The van der Waals surface area contributed by atoms with Crippen molar-refractivity contribution in [3.8, 4) is 0 Å². The standard InChI is InChI=1S/C20H23FN4O/c1-13-2-7-19(24-23-13)25-9-8-16(12-25)22-20(26)11-14-3-6-17(15-4-5-15)18(21)10-14/h2-3,6-7,10,15-16H,4-5,8-9,11-12H2,1H3,(H,22,26)/t16-/m0/s1. The number of amides is 1. The second kappa shape index (κ2) is 7.02. The van der Waals surface area contributed by atoms with Gasteiger partial charge in [-0.25, -0.2) is 4.39 Å². The van der Waals surface area contributed by atoms with Crippen molar-refractivity contribution in [1.82, 2.24) is 15.5 Å². The van der Waals surface area contributed by atoms with Crippen molar-refractivity contribution < 1.29 is 9.18 Å². The number of aryl methyl sites for hydroxylation is 1. The molecule has 1 aliphatic heterocycles. The van der Waals surface area contributed by atoms with Gasteiger partial charge in [-0.05, 0) is 61.4 Å². The molecule has 4 rings (SSSR count). The van der Waals surface area contributed by atoms with Gasteiger partial charge in [0, 0.05) is 19.1 Å². The third-order valence-electron chi connectivity index (χ3n) is 5.11. The lowest BCUT2D eigenvalue weighted by atomic mass is 10.0. The number of anilines is 1. The summed E-state index contributed by atoms with van der Waals surface area (Å²) in [5.74, 6) is 0.977. The first kappa shape index (κ1) is 16.9. The van der Waals surface area contributed by atoms with Crippen LogP contribution in [0.15, 0.2) is 30.3 Å². The number of benzene rings is 1. The number of carbonyl (C=O) groups excluding carboxylic acids is 1. The van der Waals surface area contributed by atoms with Crippen LogP contribution >= 0.6 is 0 Å². The highest BCUT2D eigenvalue weighted by Gasteiger charge is 2.27. The molecular formula is C20H23FN4O. The minimum Gasteiger partial charge on any atom is -0.353 e. The molecule has 2 fully saturated rings. The van der Waals surface area contributed by atoms with Gasteiger partial charge in [-0.3, -0.25) is 4.79 Å². The van der Waals surface area contributed by atoms with Gasteiger partial charge in [-0.15, -0.1) is 5.10 Å². The first-order valence-corrected chi connectivity index (χ1v) is 9.21. The Hall–Kier alpha value is -2.50. The molecule has 0 radical (unpaired) electrons. The Morgan fingerprint density at radius 1 is 1.23 bits per heavy atom. The van der Waals surface area contributed by atoms with Crippen molar-refractivity contribution in [2.45, 2.75) is 44.6 Å². The molecule has 0 spiro atoms. The molecule has 2 aliphatic rings. The molecule has 1 aliphatic carbocycles. The molecule has 1 atom stereocenters. The maximum atomic E-state index is 14.1. The van der Waals surface area contributed by atoms with E-state index < -0.39 is 0 Å². The summed E-state index contributed by atoms with van der Waals surface area (Å²) in [7, 11) is 0. The molecule has 1 aromatic heterocycles. The fourth-order valence-corrected chi connectivity index (χ4v) is 3.52. The summed E-state index contributed by atoms with van der Waals surface area (Å²) in [6.07, 6.45) is 3.22. The van der Waals surface area contributed by atoms with Gasteiger partial charge in [-0.2, -0.15) is 5.10 Å². The Morgan fingerprint density at radius 3 is 2.77 bits per heavy atom. The van der Waals surface area contributed by atoms with Crippen LogP contribution in [0.1, 0.15) is 42.0 Å². The minimum absolute atomic E-state index is 0.0644. The van der Waals surface area contributed by atoms with Crippen molar-refractivity contribution in [3.05, 3.63) is 53.0 Å². The van der Waals surface area contributed by atoms with E-state index in [2.05, 4.69) is 20.4 Å². The van der Waals surface area contributed by atoms with Crippen LogP contribution in [0.25, 0.3) is 0 Å². The predicted octanol–water partition coefficient (Wildman–Crippen LogP) is 2.74. The third kappa shape index (κ3) is 3.84. The molecule has 26 heavy (non-hydrogen) atoms. The maximum absolute atomic E-state index is 14.1. The molecule has 1 saturated heterocycles. The molecule has 5 nitrogen and oxygen atoms in total. The number of nitrogens with one attached hydrogen (secondary N) is 1. The third-order valence-corrected chi connectivity index (χ3v) is 5.11. The molecule has 0 unspecified atom stereocenters. The zero-order chi connectivity index (χ0) is 18.1. The highest BCUT2D eigenvalue weighted by molar-refractivity contribution is 5.79. The quantitative estimate of drug-likeness (QED) is 0.897. The first-order chi connectivity index (χ1) is 12.6. The average Bonchev–Trinajstić information content (AvgIpc) is 3.35. The molecule has 1 N–H and O–H groups in total. The van der Waals surface area contributed by atoms with Gasteiger partial charge < -0.3 is 10.2 Å². The van der Waals surface area contributed by atoms with Crippen molar-refractivity contribution in [2.75, 3.05) is 18.0 Å². The van der Waals surface area contributed by atoms with Gasteiger partial charge >= 0.3 is 0 Å². The van der Waals surface area contributed by atoms with Crippen LogP contribution in [0.2, 0.25) is 0 Å². The molecular weight excluding hydrogens is 331 g/mol. The Labute approximate surface area is 152 Å². The lowest BCUT2D eigenvalue weighted by Gasteiger charge is -2.17. The SMILES string of the molecule is Cc1ccc(N2CC[C@H](NC(=O)Cc3ccc(C4CC4)c(F)c3)C2)nn1. The smallest absolute Gasteiger partial charge is 0.224 e. The average molecular weight is 354 g/mol. The van der Waals surface area contributed by atoms with Crippen molar-refractivity contribution in [3.63, 3.8) is 0 Å². The fourth-order valence-electron chi connectivity index (χ4n) is 3.52. The van der Waals surface area contributed by atoms with E-state index in [1.165, 1.54) is 6.07 Å². The Kier molecular flexibility index (Phi) is 4.57. The molecule has 1 amide bonds. The Morgan fingerprint density at radius 2 is 2.08 bits per heavy atom. The second-order valence-corrected chi connectivity index (χ2v) is 7.34. The van der Waals surface area contributed by atoms with E-state index >= 15 is 0 Å². The summed E-state index contributed by atoms with van der Waals surface area (Å²) in [6, 6.07) is 9.20. The van der Waals surface area contributed by atoms with E-state index in [-0.39, 0.29) is 24.2 Å². The van der Waals surface area contributed by atoms with Crippen molar-refractivity contribution in [1.29, 1.82) is 0 Å². The zero-order valence-electron chi connectivity index (χ0n) is 14.9. The second-order valence-electron chi connectivity index (χ2n) is 7.34. The van der Waals surface area contributed by atoms with Crippen LogP contribution in [0.5, 0.6) is 0 Å². The van der Waals surface area contributed by atoms with Gasteiger partial charge in [0.05, 0.1) is 12.1 Å². The van der Waals surface area contributed by atoms with Crippen LogP contribution in [0.4, 0.5) is 10.2 Å². The molecule has 0 bridgehead atoms. The van der Waals surface area contributed by atoms with E-state index in [1.54, 1.807) is 0 Å². The van der Waals surface area contributed by atoms with Gasteiger partial charge in [0.25, 0.3) is 0 Å². The van der Waals surface area contributed by atoms with Crippen molar-refractivity contribution in [2.24, 2.45) is 0 Å². The molecule has 136 valence electrons. The number of carbonyl (C=O) groups is 1. The number of rotatable bonds is 5. The van der Waals surface area contributed by atoms with Crippen LogP contribution < -0.4 is 10.2 Å². The van der Waals surface area contributed by atoms with E-state index in [1.807, 2.05) is 31.2 Å². The monoisotopic (exact) mass is 354 g/mol. The van der Waals surface area contributed by atoms with E-state index in [4.69, 9.17) is 0 Å². The summed E-state index contributed by atoms with van der Waals surface area (Å²) in [5, 5.41) is 11.3. The first-order valence-electron chi connectivity index (χ1n) is 9.21. The zero-order valence-corrected chi connectivity index (χ0v) is 14.9. The number of hydrogen-bond donors (Lipinski definition) is 1. The predicted molar refractivity (Wildman–Crippen MR) is 97.6 cm³/mol. The molecule has 2 heterocycles. The maximum Gasteiger partial charge on any atom is 0.224 e. The van der Waals surface area contributed by atoms with Gasteiger partial charge in [0.2, 0.25) is 5.91 Å². The largest absolute Gasteiger partial charge is 0.353 e. The fraction of sp³-hybridized carbons (Fsp3) is 0.450. The topological polar surface area (TPSA) is 58.1 Å². The lowest BCUT2D eigenvalue weighted by Crippen LogP contribution is -2.38. The van der Waals surface area contributed by atoms with Crippen LogP contribution in [-0.2, 0) is 11.2 Å². The normalized spacial score (nSPS) is 19.6. The van der Waals surface area contributed by atoms with E-state index in [0.29, 0.717) is 5.92 Å². The van der Waals surface area contributed by atoms with Crippen LogP contribution in [-0.4, -0.2) is 35.2 Å². The van der Waals surface area contributed by atoms with Crippen LogP contribution in [0, 0.1) is 12.7 Å². The van der Waals surface area contributed by atoms with E-state index in [0.717, 1.165) is 55.0 Å². The highest BCUT2D eigenvalue weighted by atomic mass is 19.1. The van der Waals surface area contributed by atoms with Crippen molar-refractivity contribution >= 4 is 11.7 Å². The van der Waals surface area contributed by atoms with E-state index in [9.17, 15) is 9.18 Å². The summed E-state index contributed by atoms with van der Waals surface area (Å²) in [4.78, 5) is 14.4. The molecule has 1 saturated carbocycles. The lowest BCUT2D eigenvalue weighted by molar-refractivity contribution is -0.121.